The van der Waals surface area contributed by atoms with E-state index in [0.29, 0.717) is 24.5 Å². The van der Waals surface area contributed by atoms with Crippen molar-refractivity contribution in [1.29, 1.82) is 0 Å². The summed E-state index contributed by atoms with van der Waals surface area (Å²) in [6, 6.07) is 10.4. The third-order valence-corrected chi connectivity index (χ3v) is 4.66. The van der Waals surface area contributed by atoms with Crippen LogP contribution in [0, 0.1) is 6.92 Å². The summed E-state index contributed by atoms with van der Waals surface area (Å²) in [6.07, 6.45) is 2.85. The van der Waals surface area contributed by atoms with Crippen LogP contribution in [-0.4, -0.2) is 36.2 Å². The van der Waals surface area contributed by atoms with E-state index in [2.05, 4.69) is 33.9 Å². The maximum Gasteiger partial charge on any atom is 0.222 e. The number of aromatic nitrogens is 2. The number of benzene rings is 1. The van der Waals surface area contributed by atoms with Crippen molar-refractivity contribution < 1.29 is 4.74 Å². The highest BCUT2D eigenvalue weighted by atomic mass is 16.5. The highest BCUT2D eigenvalue weighted by Crippen LogP contribution is 2.35. The van der Waals surface area contributed by atoms with Gasteiger partial charge in [0.15, 0.2) is 0 Å². The molecule has 1 saturated carbocycles. The molecule has 134 valence electrons. The SMILES string of the molecule is Cc1ccc(OCCCN(C)c2cc(C3CC(N)C3)nc(N)n2)cc1. The van der Waals surface area contributed by atoms with E-state index in [1.807, 2.05) is 25.2 Å². The number of nitrogens with two attached hydrogens (primary N) is 2. The summed E-state index contributed by atoms with van der Waals surface area (Å²) in [5.74, 6) is 2.51. The average Bonchev–Trinajstić information content (AvgIpc) is 2.56. The molecule has 0 atom stereocenters. The molecule has 1 aliphatic carbocycles. The molecule has 1 fully saturated rings. The minimum absolute atomic E-state index is 0.293. The number of nitrogens with zero attached hydrogens (tertiary/aromatic N) is 3. The van der Waals surface area contributed by atoms with Gasteiger partial charge in [0, 0.05) is 31.6 Å². The molecule has 0 bridgehead atoms. The van der Waals surface area contributed by atoms with Gasteiger partial charge in [0.05, 0.1) is 12.3 Å². The monoisotopic (exact) mass is 341 g/mol. The van der Waals surface area contributed by atoms with Gasteiger partial charge in [0.2, 0.25) is 5.95 Å². The lowest BCUT2D eigenvalue weighted by atomic mass is 9.78. The molecule has 0 unspecified atom stereocenters. The molecule has 25 heavy (non-hydrogen) atoms. The lowest BCUT2D eigenvalue weighted by molar-refractivity contribution is 0.312. The van der Waals surface area contributed by atoms with Crippen molar-refractivity contribution in [3.63, 3.8) is 0 Å². The molecule has 1 aromatic heterocycles. The molecule has 1 aromatic carbocycles. The van der Waals surface area contributed by atoms with E-state index in [9.17, 15) is 0 Å². The van der Waals surface area contributed by atoms with Crippen LogP contribution in [0.3, 0.4) is 0 Å². The summed E-state index contributed by atoms with van der Waals surface area (Å²) in [4.78, 5) is 10.8. The molecule has 4 N–H and O–H groups in total. The number of ether oxygens (including phenoxy) is 1. The number of rotatable bonds is 7. The van der Waals surface area contributed by atoms with Crippen molar-refractivity contribution in [1.82, 2.24) is 9.97 Å². The molecule has 0 spiro atoms. The first-order valence-corrected chi connectivity index (χ1v) is 8.82. The number of hydrogen-bond donors (Lipinski definition) is 2. The van der Waals surface area contributed by atoms with Gasteiger partial charge in [-0.05, 0) is 38.3 Å². The lowest BCUT2D eigenvalue weighted by Crippen LogP contribution is -2.35. The highest BCUT2D eigenvalue weighted by molar-refractivity contribution is 5.44. The van der Waals surface area contributed by atoms with Crippen LogP contribution in [0.25, 0.3) is 0 Å². The molecule has 2 aromatic rings. The zero-order valence-corrected chi connectivity index (χ0v) is 15.0. The molecule has 6 heteroatoms. The Morgan fingerprint density at radius 1 is 1.20 bits per heavy atom. The van der Waals surface area contributed by atoms with Crippen LogP contribution in [0.15, 0.2) is 30.3 Å². The second-order valence-corrected chi connectivity index (χ2v) is 6.87. The third-order valence-electron chi connectivity index (χ3n) is 4.66. The maximum atomic E-state index is 5.89. The maximum absolute atomic E-state index is 5.89. The minimum atomic E-state index is 0.293. The van der Waals surface area contributed by atoms with Gasteiger partial charge < -0.3 is 21.1 Å². The zero-order valence-electron chi connectivity index (χ0n) is 15.0. The van der Waals surface area contributed by atoms with Gasteiger partial charge in [-0.2, -0.15) is 4.98 Å². The Morgan fingerprint density at radius 3 is 2.60 bits per heavy atom. The molecule has 0 saturated heterocycles. The second kappa shape index (κ2) is 7.70. The Labute approximate surface area is 149 Å². The van der Waals surface area contributed by atoms with E-state index in [1.54, 1.807) is 0 Å². The quantitative estimate of drug-likeness (QED) is 0.752. The van der Waals surface area contributed by atoms with E-state index in [-0.39, 0.29) is 0 Å². The first-order valence-electron chi connectivity index (χ1n) is 8.82. The average molecular weight is 341 g/mol. The first-order chi connectivity index (χ1) is 12.0. The Bertz CT molecular complexity index is 697. The molecular weight excluding hydrogens is 314 g/mol. The summed E-state index contributed by atoms with van der Waals surface area (Å²) >= 11 is 0. The van der Waals surface area contributed by atoms with Gasteiger partial charge >= 0.3 is 0 Å². The standard InChI is InChI=1S/C19H27N5O/c1-13-4-6-16(7-5-13)25-9-3-8-24(2)18-12-17(22-19(21)23-18)14-10-15(20)11-14/h4-7,12,14-15H,3,8-11,20H2,1-2H3,(H2,21,22,23). The lowest BCUT2D eigenvalue weighted by Gasteiger charge is -2.32. The van der Waals surface area contributed by atoms with E-state index < -0.39 is 0 Å². The van der Waals surface area contributed by atoms with Crippen LogP contribution in [-0.2, 0) is 0 Å². The van der Waals surface area contributed by atoms with Crippen molar-refractivity contribution in [2.24, 2.45) is 5.73 Å². The van der Waals surface area contributed by atoms with Crippen molar-refractivity contribution in [3.05, 3.63) is 41.6 Å². The van der Waals surface area contributed by atoms with Gasteiger partial charge in [0.1, 0.15) is 11.6 Å². The third kappa shape index (κ3) is 4.60. The summed E-state index contributed by atoms with van der Waals surface area (Å²) in [6.45, 7) is 3.57. The predicted molar refractivity (Wildman–Crippen MR) is 101 cm³/mol. The number of hydrogen-bond acceptors (Lipinski definition) is 6. The second-order valence-electron chi connectivity index (χ2n) is 6.87. The zero-order chi connectivity index (χ0) is 17.8. The van der Waals surface area contributed by atoms with Gasteiger partial charge in [-0.3, -0.25) is 0 Å². The van der Waals surface area contributed by atoms with Crippen LogP contribution < -0.4 is 21.1 Å². The summed E-state index contributed by atoms with van der Waals surface area (Å²) < 4.78 is 5.77. The Balaban J connectivity index is 1.50. The minimum Gasteiger partial charge on any atom is -0.494 e. The fourth-order valence-corrected chi connectivity index (χ4v) is 3.02. The van der Waals surface area contributed by atoms with E-state index in [1.165, 1.54) is 5.56 Å². The molecule has 1 heterocycles. The van der Waals surface area contributed by atoms with Crippen molar-refractivity contribution >= 4 is 11.8 Å². The molecule has 0 radical (unpaired) electrons. The fraction of sp³-hybridized carbons (Fsp3) is 0.474. The predicted octanol–water partition coefficient (Wildman–Crippen LogP) is 2.48. The van der Waals surface area contributed by atoms with Gasteiger partial charge in [-0.1, -0.05) is 17.7 Å². The number of nitrogen functional groups attached to an aromatic ring is 1. The Hall–Kier alpha value is -2.34. The van der Waals surface area contributed by atoms with E-state index in [0.717, 1.165) is 43.1 Å². The molecule has 1 aliphatic rings. The van der Waals surface area contributed by atoms with Gasteiger partial charge in [-0.25, -0.2) is 4.98 Å². The molecule has 3 rings (SSSR count). The smallest absolute Gasteiger partial charge is 0.222 e. The summed E-state index contributed by atoms with van der Waals surface area (Å²) in [5, 5.41) is 0. The van der Waals surface area contributed by atoms with Crippen LogP contribution in [0.1, 0.15) is 36.4 Å². The molecule has 6 nitrogen and oxygen atoms in total. The van der Waals surface area contributed by atoms with Crippen LogP contribution in [0.2, 0.25) is 0 Å². The molecular formula is C19H27N5O. The van der Waals surface area contributed by atoms with Crippen LogP contribution in [0.5, 0.6) is 5.75 Å². The molecule has 0 aliphatic heterocycles. The normalized spacial score (nSPS) is 19.3. The summed E-state index contributed by atoms with van der Waals surface area (Å²) in [7, 11) is 2.02. The first kappa shape index (κ1) is 17.5. The fourth-order valence-electron chi connectivity index (χ4n) is 3.02. The Morgan fingerprint density at radius 2 is 1.92 bits per heavy atom. The molecule has 0 amide bonds. The summed E-state index contributed by atoms with van der Waals surface area (Å²) in [5.41, 5.74) is 14.0. The largest absolute Gasteiger partial charge is 0.494 e. The van der Waals surface area contributed by atoms with Crippen LogP contribution in [0.4, 0.5) is 11.8 Å². The van der Waals surface area contributed by atoms with Crippen molar-refractivity contribution in [3.8, 4) is 5.75 Å². The van der Waals surface area contributed by atoms with Gasteiger partial charge in [-0.15, -0.1) is 0 Å². The number of anilines is 2. The van der Waals surface area contributed by atoms with Crippen molar-refractivity contribution in [2.75, 3.05) is 30.8 Å². The van der Waals surface area contributed by atoms with Crippen LogP contribution >= 0.6 is 0 Å². The van der Waals surface area contributed by atoms with E-state index >= 15 is 0 Å². The van der Waals surface area contributed by atoms with E-state index in [4.69, 9.17) is 16.2 Å². The highest BCUT2D eigenvalue weighted by Gasteiger charge is 2.29. The van der Waals surface area contributed by atoms with Gasteiger partial charge in [0.25, 0.3) is 0 Å². The Kier molecular flexibility index (Phi) is 5.38. The van der Waals surface area contributed by atoms with Crippen molar-refractivity contribution in [2.45, 2.75) is 38.1 Å². The topological polar surface area (TPSA) is 90.3 Å². The number of aryl methyl sites for hydroxylation is 1.